The molecule has 1 aliphatic heterocycles. The van der Waals surface area contributed by atoms with Crippen molar-refractivity contribution in [3.05, 3.63) is 28.2 Å². The highest BCUT2D eigenvalue weighted by Gasteiger charge is 2.15. The molecule has 1 atom stereocenters. The van der Waals surface area contributed by atoms with Gasteiger partial charge in [-0.1, -0.05) is 28.9 Å². The van der Waals surface area contributed by atoms with Gasteiger partial charge in [0, 0.05) is 42.3 Å². The first-order chi connectivity index (χ1) is 9.61. The Hall–Kier alpha value is -1.07. The summed E-state index contributed by atoms with van der Waals surface area (Å²) >= 11 is 3.67. The van der Waals surface area contributed by atoms with Crippen molar-refractivity contribution in [3.63, 3.8) is 0 Å². The molecule has 1 fully saturated rings. The molecule has 1 amide bonds. The normalized spacial score (nSPS) is 17.6. The second-order valence-corrected chi connectivity index (χ2v) is 5.93. The van der Waals surface area contributed by atoms with Gasteiger partial charge in [-0.15, -0.1) is 0 Å². The topological polar surface area (TPSA) is 44.4 Å². The Balaban J connectivity index is 2.13. The third-order valence-corrected chi connectivity index (χ3v) is 4.33. The maximum absolute atomic E-state index is 11.4. The zero-order valence-corrected chi connectivity index (χ0v) is 13.7. The van der Waals surface area contributed by atoms with E-state index in [-0.39, 0.29) is 5.91 Å². The number of nitrogens with one attached hydrogen (secondary N) is 2. The summed E-state index contributed by atoms with van der Waals surface area (Å²) < 4.78 is 1.12. The van der Waals surface area contributed by atoms with E-state index in [0.717, 1.165) is 24.1 Å². The van der Waals surface area contributed by atoms with Crippen LogP contribution in [0.4, 0.5) is 5.69 Å². The third-order valence-electron chi connectivity index (χ3n) is 3.64. The Morgan fingerprint density at radius 2 is 2.25 bits per heavy atom. The summed E-state index contributed by atoms with van der Waals surface area (Å²) in [5.41, 5.74) is 2.43. The molecule has 1 unspecified atom stereocenters. The molecule has 5 heteroatoms. The van der Waals surface area contributed by atoms with Crippen molar-refractivity contribution in [1.29, 1.82) is 0 Å². The molecule has 2 N–H and O–H groups in total. The first kappa shape index (κ1) is 15.3. The van der Waals surface area contributed by atoms with Crippen LogP contribution in [0, 0.1) is 0 Å². The Morgan fingerprint density at radius 3 is 2.95 bits per heavy atom. The van der Waals surface area contributed by atoms with Gasteiger partial charge >= 0.3 is 0 Å². The lowest BCUT2D eigenvalue weighted by atomic mass is 10.1. The van der Waals surface area contributed by atoms with E-state index in [1.54, 1.807) is 0 Å². The molecular weight excluding hydrogens is 318 g/mol. The van der Waals surface area contributed by atoms with E-state index >= 15 is 0 Å². The number of benzene rings is 1. The fraction of sp³-hybridized carbons (Fsp3) is 0.533. The lowest BCUT2D eigenvalue weighted by Gasteiger charge is -2.23. The molecule has 0 bridgehead atoms. The molecule has 4 nitrogen and oxygen atoms in total. The molecule has 0 spiro atoms. The minimum atomic E-state index is 0.143. The molecule has 1 aromatic carbocycles. The van der Waals surface area contributed by atoms with Gasteiger partial charge in [0.2, 0.25) is 5.91 Å². The Morgan fingerprint density at radius 1 is 1.45 bits per heavy atom. The number of hydrogen-bond acceptors (Lipinski definition) is 3. The maximum Gasteiger partial charge on any atom is 0.221 e. The predicted octanol–water partition coefficient (Wildman–Crippen LogP) is 2.45. The molecule has 0 aromatic heterocycles. The number of rotatable bonds is 4. The second-order valence-electron chi connectivity index (χ2n) is 5.07. The van der Waals surface area contributed by atoms with Crippen LogP contribution in [0.15, 0.2) is 22.7 Å². The highest BCUT2D eigenvalue weighted by atomic mass is 79.9. The van der Waals surface area contributed by atoms with Crippen LogP contribution in [0.3, 0.4) is 0 Å². The third kappa shape index (κ3) is 3.73. The van der Waals surface area contributed by atoms with Gasteiger partial charge < -0.3 is 15.5 Å². The van der Waals surface area contributed by atoms with Crippen molar-refractivity contribution in [2.45, 2.75) is 26.3 Å². The molecule has 20 heavy (non-hydrogen) atoms. The summed E-state index contributed by atoms with van der Waals surface area (Å²) in [4.78, 5) is 13.6. The summed E-state index contributed by atoms with van der Waals surface area (Å²) in [6, 6.07) is 6.78. The summed E-state index contributed by atoms with van der Waals surface area (Å²) in [6.07, 6.45) is 0.563. The van der Waals surface area contributed by atoms with Crippen molar-refractivity contribution in [2.75, 3.05) is 31.1 Å². The number of nitrogens with zero attached hydrogens (tertiary/aromatic N) is 1. The largest absolute Gasteiger partial charge is 0.369 e. The van der Waals surface area contributed by atoms with E-state index in [4.69, 9.17) is 0 Å². The van der Waals surface area contributed by atoms with Crippen molar-refractivity contribution in [1.82, 2.24) is 10.6 Å². The number of carbonyl (C=O) groups is 1. The quantitative estimate of drug-likeness (QED) is 0.885. The van der Waals surface area contributed by atoms with Crippen LogP contribution >= 0.6 is 15.9 Å². The fourth-order valence-electron chi connectivity index (χ4n) is 2.51. The van der Waals surface area contributed by atoms with Gasteiger partial charge in [-0.3, -0.25) is 4.79 Å². The van der Waals surface area contributed by atoms with Gasteiger partial charge in [-0.25, -0.2) is 0 Å². The average Bonchev–Trinajstić information content (AvgIpc) is 2.63. The van der Waals surface area contributed by atoms with Gasteiger partial charge in [-0.2, -0.15) is 0 Å². The molecule has 2 rings (SSSR count). The van der Waals surface area contributed by atoms with Crippen LogP contribution in [-0.4, -0.2) is 32.1 Å². The van der Waals surface area contributed by atoms with Gasteiger partial charge in [0.1, 0.15) is 0 Å². The average molecular weight is 340 g/mol. The van der Waals surface area contributed by atoms with Gasteiger partial charge in [0.25, 0.3) is 0 Å². The van der Waals surface area contributed by atoms with Crippen LogP contribution in [0.5, 0.6) is 0 Å². The fourth-order valence-corrected chi connectivity index (χ4v) is 3.22. The molecule has 0 radical (unpaired) electrons. The van der Waals surface area contributed by atoms with Crippen molar-refractivity contribution >= 4 is 27.5 Å². The van der Waals surface area contributed by atoms with Crippen LogP contribution in [-0.2, 0) is 4.79 Å². The lowest BCUT2D eigenvalue weighted by Crippen LogP contribution is -2.28. The van der Waals surface area contributed by atoms with Gasteiger partial charge in [-0.05, 0) is 31.2 Å². The predicted molar refractivity (Wildman–Crippen MR) is 86.1 cm³/mol. The Labute approximate surface area is 129 Å². The number of halogens is 1. The van der Waals surface area contributed by atoms with Crippen LogP contribution in [0.2, 0.25) is 0 Å². The standard InChI is InChI=1S/C15H22BrN3O/c1-3-17-11(2)13-5-4-12(10-14(13)16)19-8-6-15(20)18-7-9-19/h4-5,10-11,17H,3,6-9H2,1-2H3,(H,18,20). The second kappa shape index (κ2) is 7.09. The molecule has 1 saturated heterocycles. The Bertz CT molecular complexity index is 478. The number of carbonyl (C=O) groups excluding carboxylic acids is 1. The minimum Gasteiger partial charge on any atom is -0.369 e. The highest BCUT2D eigenvalue weighted by Crippen LogP contribution is 2.28. The lowest BCUT2D eigenvalue weighted by molar-refractivity contribution is -0.120. The van der Waals surface area contributed by atoms with Crippen LogP contribution in [0.25, 0.3) is 0 Å². The van der Waals surface area contributed by atoms with E-state index in [1.165, 1.54) is 11.3 Å². The zero-order chi connectivity index (χ0) is 14.5. The monoisotopic (exact) mass is 339 g/mol. The Kier molecular flexibility index (Phi) is 5.43. The molecule has 0 saturated carbocycles. The molecule has 1 heterocycles. The summed E-state index contributed by atoms with van der Waals surface area (Å²) in [6.45, 7) is 7.58. The first-order valence-corrected chi connectivity index (χ1v) is 7.95. The maximum atomic E-state index is 11.4. The van der Waals surface area contributed by atoms with Crippen molar-refractivity contribution in [3.8, 4) is 0 Å². The highest BCUT2D eigenvalue weighted by molar-refractivity contribution is 9.10. The smallest absolute Gasteiger partial charge is 0.221 e. The summed E-state index contributed by atoms with van der Waals surface area (Å²) in [5, 5.41) is 6.32. The number of anilines is 1. The van der Waals surface area contributed by atoms with Gasteiger partial charge in [0.15, 0.2) is 0 Å². The number of amides is 1. The van der Waals surface area contributed by atoms with Crippen LogP contribution < -0.4 is 15.5 Å². The van der Waals surface area contributed by atoms with Crippen LogP contribution in [0.1, 0.15) is 31.9 Å². The van der Waals surface area contributed by atoms with E-state index in [2.05, 4.69) is 63.5 Å². The minimum absolute atomic E-state index is 0.143. The first-order valence-electron chi connectivity index (χ1n) is 7.16. The number of hydrogen-bond donors (Lipinski definition) is 2. The molecule has 1 aromatic rings. The van der Waals surface area contributed by atoms with E-state index < -0.39 is 0 Å². The SMILES string of the molecule is CCNC(C)c1ccc(N2CCNC(=O)CC2)cc1Br. The molecular formula is C15H22BrN3O. The van der Waals surface area contributed by atoms with Crippen molar-refractivity contribution in [2.24, 2.45) is 0 Å². The molecule has 110 valence electrons. The van der Waals surface area contributed by atoms with Gasteiger partial charge in [0.05, 0.1) is 0 Å². The molecule has 1 aliphatic rings. The van der Waals surface area contributed by atoms with E-state index in [0.29, 0.717) is 19.0 Å². The zero-order valence-electron chi connectivity index (χ0n) is 12.1. The summed E-state index contributed by atoms with van der Waals surface area (Å²) in [7, 11) is 0. The molecule has 0 aliphatic carbocycles. The van der Waals surface area contributed by atoms with Crippen molar-refractivity contribution < 1.29 is 4.79 Å². The van der Waals surface area contributed by atoms with E-state index in [9.17, 15) is 4.79 Å². The summed E-state index contributed by atoms with van der Waals surface area (Å²) in [5.74, 6) is 0.143. The van der Waals surface area contributed by atoms with E-state index in [1.807, 2.05) is 0 Å².